The van der Waals surface area contributed by atoms with Gasteiger partial charge in [-0.1, -0.05) is 19.3 Å². The number of nitrogens with one attached hydrogen (secondary N) is 1. The lowest BCUT2D eigenvalue weighted by Crippen LogP contribution is -2.38. The monoisotopic (exact) mass is 292 g/mol. The van der Waals surface area contributed by atoms with Crippen molar-refractivity contribution < 1.29 is 4.79 Å². The van der Waals surface area contributed by atoms with E-state index in [0.29, 0.717) is 13.1 Å². The Balaban J connectivity index is 1.39. The van der Waals surface area contributed by atoms with Gasteiger partial charge in [0.1, 0.15) is 0 Å². The zero-order valence-electron chi connectivity index (χ0n) is 12.4. The maximum Gasteiger partial charge on any atom is 0.224 e. The molecule has 1 amide bonds. The molecule has 0 radical (unpaired) electrons. The molecule has 7 heteroatoms. The van der Waals surface area contributed by atoms with Crippen molar-refractivity contribution in [2.75, 3.05) is 19.6 Å². The summed E-state index contributed by atoms with van der Waals surface area (Å²) in [6.45, 7) is 3.14. The first kappa shape index (κ1) is 14.4. The molecule has 0 spiro atoms. The quantitative estimate of drug-likeness (QED) is 0.852. The van der Waals surface area contributed by atoms with Crippen LogP contribution in [0.15, 0.2) is 6.33 Å². The molecule has 0 aromatic carbocycles. The summed E-state index contributed by atoms with van der Waals surface area (Å²) in [5, 5.41) is 14.3. The van der Waals surface area contributed by atoms with E-state index in [2.05, 4.69) is 25.6 Å². The molecule has 21 heavy (non-hydrogen) atoms. The Labute approximate surface area is 125 Å². The molecule has 1 saturated heterocycles. The first-order valence-electron chi connectivity index (χ1n) is 8.05. The largest absolute Gasteiger partial charge is 0.354 e. The van der Waals surface area contributed by atoms with Gasteiger partial charge in [-0.05, 0) is 31.0 Å². The molecular formula is C14H24N6O. The number of tetrazole rings is 1. The first-order valence-corrected chi connectivity index (χ1v) is 8.05. The van der Waals surface area contributed by atoms with Crippen molar-refractivity contribution in [1.29, 1.82) is 0 Å². The van der Waals surface area contributed by atoms with Crippen LogP contribution in [0.3, 0.4) is 0 Å². The highest BCUT2D eigenvalue weighted by atomic mass is 16.1. The second-order valence-electron chi connectivity index (χ2n) is 6.10. The minimum Gasteiger partial charge on any atom is -0.354 e. The number of likely N-dealkylation sites (tertiary alicyclic amines) is 1. The second kappa shape index (κ2) is 6.98. The SMILES string of the molecule is O=C(NCCn1ncnn1)C1CCN(C2CCCCC2)C1. The van der Waals surface area contributed by atoms with Crippen LogP contribution in [0.1, 0.15) is 38.5 Å². The maximum absolute atomic E-state index is 12.2. The number of amides is 1. The van der Waals surface area contributed by atoms with Gasteiger partial charge in [0.2, 0.25) is 5.91 Å². The average Bonchev–Trinajstić information content (AvgIpc) is 3.20. The van der Waals surface area contributed by atoms with Crippen LogP contribution >= 0.6 is 0 Å². The van der Waals surface area contributed by atoms with E-state index in [-0.39, 0.29) is 11.8 Å². The standard InChI is InChI=1S/C14H24N6O/c21-14(15-7-9-20-17-11-16-18-20)12-6-8-19(10-12)13-4-2-1-3-5-13/h11-13H,1-10H2,(H,15,21). The van der Waals surface area contributed by atoms with E-state index in [1.165, 1.54) is 43.2 Å². The van der Waals surface area contributed by atoms with Crippen molar-refractivity contribution in [2.45, 2.75) is 51.1 Å². The summed E-state index contributed by atoms with van der Waals surface area (Å²) in [5.41, 5.74) is 0. The van der Waals surface area contributed by atoms with Crippen LogP contribution in [0.5, 0.6) is 0 Å². The van der Waals surface area contributed by atoms with Gasteiger partial charge in [-0.25, -0.2) is 0 Å². The minimum atomic E-state index is 0.149. The smallest absolute Gasteiger partial charge is 0.224 e. The molecule has 2 heterocycles. The fourth-order valence-electron chi connectivity index (χ4n) is 3.49. The van der Waals surface area contributed by atoms with Gasteiger partial charge in [-0.3, -0.25) is 9.69 Å². The number of carbonyl (C=O) groups is 1. The zero-order valence-corrected chi connectivity index (χ0v) is 12.4. The summed E-state index contributed by atoms with van der Waals surface area (Å²) < 4.78 is 0. The van der Waals surface area contributed by atoms with Crippen LogP contribution in [0.4, 0.5) is 0 Å². The number of rotatable bonds is 5. The van der Waals surface area contributed by atoms with Crippen LogP contribution in [-0.4, -0.2) is 56.7 Å². The van der Waals surface area contributed by atoms with Gasteiger partial charge >= 0.3 is 0 Å². The Bertz CT molecular complexity index is 442. The van der Waals surface area contributed by atoms with E-state index in [9.17, 15) is 4.79 Å². The van der Waals surface area contributed by atoms with Crippen molar-refractivity contribution in [1.82, 2.24) is 30.4 Å². The lowest BCUT2D eigenvalue weighted by molar-refractivity contribution is -0.124. The third-order valence-corrected chi connectivity index (χ3v) is 4.68. The van der Waals surface area contributed by atoms with E-state index in [1.54, 1.807) is 0 Å². The summed E-state index contributed by atoms with van der Waals surface area (Å²) in [6.07, 6.45) is 9.10. The molecule has 1 aliphatic heterocycles. The van der Waals surface area contributed by atoms with Gasteiger partial charge in [-0.2, -0.15) is 4.80 Å². The van der Waals surface area contributed by atoms with Gasteiger partial charge in [-0.15, -0.1) is 10.2 Å². The van der Waals surface area contributed by atoms with E-state index in [0.717, 1.165) is 25.6 Å². The third-order valence-electron chi connectivity index (χ3n) is 4.68. The van der Waals surface area contributed by atoms with Gasteiger partial charge in [0.15, 0.2) is 6.33 Å². The van der Waals surface area contributed by atoms with E-state index in [1.807, 2.05) is 0 Å². The summed E-state index contributed by atoms with van der Waals surface area (Å²) in [4.78, 5) is 16.2. The van der Waals surface area contributed by atoms with Crippen LogP contribution in [0.2, 0.25) is 0 Å². The van der Waals surface area contributed by atoms with Crippen LogP contribution in [-0.2, 0) is 11.3 Å². The molecule has 7 nitrogen and oxygen atoms in total. The fraction of sp³-hybridized carbons (Fsp3) is 0.857. The zero-order chi connectivity index (χ0) is 14.5. The third kappa shape index (κ3) is 3.78. The number of hydrogen-bond acceptors (Lipinski definition) is 5. The summed E-state index contributed by atoms with van der Waals surface area (Å²) in [5.74, 6) is 0.323. The van der Waals surface area contributed by atoms with Crippen molar-refractivity contribution >= 4 is 5.91 Å². The molecule has 1 N–H and O–H groups in total. The predicted octanol–water partition coefficient (Wildman–Crippen LogP) is 0.444. The van der Waals surface area contributed by atoms with Crippen molar-refractivity contribution in [3.8, 4) is 0 Å². The molecule has 1 saturated carbocycles. The molecule has 1 aliphatic carbocycles. The highest BCUT2D eigenvalue weighted by molar-refractivity contribution is 5.79. The molecule has 116 valence electrons. The Morgan fingerprint density at radius 2 is 2.10 bits per heavy atom. The van der Waals surface area contributed by atoms with Gasteiger partial charge in [0.05, 0.1) is 12.5 Å². The molecular weight excluding hydrogens is 268 g/mol. The molecule has 1 aromatic heterocycles. The Morgan fingerprint density at radius 3 is 2.86 bits per heavy atom. The van der Waals surface area contributed by atoms with Gasteiger partial charge < -0.3 is 5.32 Å². The summed E-state index contributed by atoms with van der Waals surface area (Å²) in [6, 6.07) is 0.718. The molecule has 1 unspecified atom stereocenters. The Kier molecular flexibility index (Phi) is 4.80. The molecule has 3 rings (SSSR count). The first-order chi connectivity index (χ1) is 10.3. The summed E-state index contributed by atoms with van der Waals surface area (Å²) >= 11 is 0. The van der Waals surface area contributed by atoms with Crippen molar-refractivity contribution in [2.24, 2.45) is 5.92 Å². The number of nitrogens with zero attached hydrogens (tertiary/aromatic N) is 5. The highest BCUT2D eigenvalue weighted by Gasteiger charge is 2.32. The number of hydrogen-bond donors (Lipinski definition) is 1. The van der Waals surface area contributed by atoms with Crippen molar-refractivity contribution in [3.63, 3.8) is 0 Å². The summed E-state index contributed by atoms with van der Waals surface area (Å²) in [7, 11) is 0. The van der Waals surface area contributed by atoms with Crippen LogP contribution in [0, 0.1) is 5.92 Å². The second-order valence-corrected chi connectivity index (χ2v) is 6.10. The number of carbonyl (C=O) groups excluding carboxylic acids is 1. The molecule has 0 bridgehead atoms. The highest BCUT2D eigenvalue weighted by Crippen LogP contribution is 2.27. The molecule has 2 fully saturated rings. The number of aromatic nitrogens is 4. The predicted molar refractivity (Wildman–Crippen MR) is 77.4 cm³/mol. The van der Waals surface area contributed by atoms with E-state index in [4.69, 9.17) is 0 Å². The fourth-order valence-corrected chi connectivity index (χ4v) is 3.49. The van der Waals surface area contributed by atoms with Gasteiger partial charge in [0.25, 0.3) is 0 Å². The Morgan fingerprint density at radius 1 is 1.24 bits per heavy atom. The molecule has 2 aliphatic rings. The van der Waals surface area contributed by atoms with E-state index < -0.39 is 0 Å². The maximum atomic E-state index is 12.2. The Hall–Kier alpha value is -1.50. The van der Waals surface area contributed by atoms with Crippen LogP contribution in [0.25, 0.3) is 0 Å². The van der Waals surface area contributed by atoms with Crippen molar-refractivity contribution in [3.05, 3.63) is 6.33 Å². The van der Waals surface area contributed by atoms with E-state index >= 15 is 0 Å². The van der Waals surface area contributed by atoms with Gasteiger partial charge in [0, 0.05) is 19.1 Å². The normalized spacial score (nSPS) is 24.3. The molecule has 1 aromatic rings. The topological polar surface area (TPSA) is 75.9 Å². The van der Waals surface area contributed by atoms with Crippen LogP contribution < -0.4 is 5.32 Å². The lowest BCUT2D eigenvalue weighted by atomic mass is 9.94. The average molecular weight is 292 g/mol. The minimum absolute atomic E-state index is 0.149. The molecule has 1 atom stereocenters. The lowest BCUT2D eigenvalue weighted by Gasteiger charge is -2.30.